The largest absolute Gasteiger partial charge is 0.378 e. The number of rotatable bonds is 3. The fourth-order valence-corrected chi connectivity index (χ4v) is 2.03. The molecule has 0 spiro atoms. The molecule has 2 N–H and O–H groups in total. The van der Waals surface area contributed by atoms with Crippen molar-refractivity contribution in [1.29, 1.82) is 0 Å². The van der Waals surface area contributed by atoms with E-state index in [2.05, 4.69) is 33.2 Å². The van der Waals surface area contributed by atoms with Gasteiger partial charge in [0.05, 0.1) is 0 Å². The van der Waals surface area contributed by atoms with Crippen LogP contribution >= 0.6 is 22.6 Å². The van der Waals surface area contributed by atoms with Crippen LogP contribution in [-0.4, -0.2) is 20.1 Å². The second-order valence-corrected chi connectivity index (χ2v) is 5.77. The summed E-state index contributed by atoms with van der Waals surface area (Å²) in [6.07, 6.45) is 0. The molecule has 2 aromatic rings. The SMILES string of the molecule is CN(C)c1ccc(NC(=O)Nc2ccc(I)cc2)cc1. The van der Waals surface area contributed by atoms with Crippen molar-refractivity contribution in [3.05, 3.63) is 52.1 Å². The number of urea groups is 1. The fourth-order valence-electron chi connectivity index (χ4n) is 1.67. The molecule has 0 fully saturated rings. The number of benzene rings is 2. The van der Waals surface area contributed by atoms with Gasteiger partial charge in [-0.25, -0.2) is 4.79 Å². The van der Waals surface area contributed by atoms with Crippen molar-refractivity contribution in [3.63, 3.8) is 0 Å². The molecule has 2 rings (SSSR count). The Hall–Kier alpha value is -1.76. The van der Waals surface area contributed by atoms with Gasteiger partial charge in [0.15, 0.2) is 0 Å². The standard InChI is InChI=1S/C15H16IN3O/c1-19(2)14-9-7-13(8-10-14)18-15(20)17-12-5-3-11(16)4-6-12/h3-10H,1-2H3,(H2,17,18,20). The Bertz CT molecular complexity index is 579. The maximum Gasteiger partial charge on any atom is 0.323 e. The highest BCUT2D eigenvalue weighted by atomic mass is 127. The normalized spacial score (nSPS) is 9.95. The third-order valence-corrected chi connectivity index (χ3v) is 3.46. The molecule has 4 nitrogen and oxygen atoms in total. The smallest absolute Gasteiger partial charge is 0.323 e. The highest BCUT2D eigenvalue weighted by Crippen LogP contribution is 2.16. The molecule has 0 heterocycles. The van der Waals surface area contributed by atoms with Gasteiger partial charge in [0.2, 0.25) is 0 Å². The van der Waals surface area contributed by atoms with Crippen molar-refractivity contribution in [2.24, 2.45) is 0 Å². The quantitative estimate of drug-likeness (QED) is 0.790. The zero-order valence-electron chi connectivity index (χ0n) is 11.4. The topological polar surface area (TPSA) is 44.4 Å². The van der Waals surface area contributed by atoms with Crippen LogP contribution in [0.4, 0.5) is 21.9 Å². The van der Waals surface area contributed by atoms with Crippen LogP contribution in [-0.2, 0) is 0 Å². The summed E-state index contributed by atoms with van der Waals surface area (Å²) in [6, 6.07) is 15.1. The minimum Gasteiger partial charge on any atom is -0.378 e. The van der Waals surface area contributed by atoms with E-state index in [4.69, 9.17) is 0 Å². The predicted molar refractivity (Wildman–Crippen MR) is 92.6 cm³/mol. The van der Waals surface area contributed by atoms with Gasteiger partial charge in [-0.3, -0.25) is 0 Å². The summed E-state index contributed by atoms with van der Waals surface area (Å²) >= 11 is 2.22. The molecule has 0 aliphatic carbocycles. The Morgan fingerprint density at radius 1 is 0.900 bits per heavy atom. The van der Waals surface area contributed by atoms with Gasteiger partial charge in [0, 0.05) is 34.7 Å². The van der Waals surface area contributed by atoms with Gasteiger partial charge in [0.1, 0.15) is 0 Å². The van der Waals surface area contributed by atoms with Crippen molar-refractivity contribution < 1.29 is 4.79 Å². The number of nitrogens with zero attached hydrogens (tertiary/aromatic N) is 1. The summed E-state index contributed by atoms with van der Waals surface area (Å²) in [6.45, 7) is 0. The molecule has 0 bridgehead atoms. The molecule has 0 radical (unpaired) electrons. The van der Waals surface area contributed by atoms with Gasteiger partial charge in [-0.15, -0.1) is 0 Å². The highest BCUT2D eigenvalue weighted by Gasteiger charge is 2.03. The van der Waals surface area contributed by atoms with Crippen molar-refractivity contribution in [1.82, 2.24) is 0 Å². The summed E-state index contributed by atoms with van der Waals surface area (Å²) in [4.78, 5) is 13.9. The molecule has 20 heavy (non-hydrogen) atoms. The van der Waals surface area contributed by atoms with E-state index < -0.39 is 0 Å². The van der Waals surface area contributed by atoms with Crippen LogP contribution < -0.4 is 15.5 Å². The molecule has 2 amide bonds. The van der Waals surface area contributed by atoms with Crippen LogP contribution in [0.3, 0.4) is 0 Å². The van der Waals surface area contributed by atoms with E-state index in [1.807, 2.05) is 67.5 Å². The maximum absolute atomic E-state index is 11.9. The zero-order valence-corrected chi connectivity index (χ0v) is 13.5. The molecule has 0 saturated carbocycles. The first kappa shape index (κ1) is 14.6. The number of hydrogen-bond acceptors (Lipinski definition) is 2. The number of halogens is 1. The summed E-state index contributed by atoms with van der Waals surface area (Å²) < 4.78 is 1.13. The van der Waals surface area contributed by atoms with Gasteiger partial charge in [0.25, 0.3) is 0 Å². The van der Waals surface area contributed by atoms with Gasteiger partial charge in [-0.2, -0.15) is 0 Å². The molecule has 0 saturated heterocycles. The van der Waals surface area contributed by atoms with Crippen molar-refractivity contribution in [2.75, 3.05) is 29.6 Å². The van der Waals surface area contributed by atoms with Gasteiger partial charge in [-0.05, 0) is 71.1 Å². The lowest BCUT2D eigenvalue weighted by atomic mass is 10.2. The van der Waals surface area contributed by atoms with Crippen LogP contribution in [0, 0.1) is 3.57 Å². The molecule has 0 aromatic heterocycles. The predicted octanol–water partition coefficient (Wildman–Crippen LogP) is 4.00. The Morgan fingerprint density at radius 3 is 1.80 bits per heavy atom. The fraction of sp³-hybridized carbons (Fsp3) is 0.133. The Kier molecular flexibility index (Phi) is 4.84. The Labute approximate surface area is 132 Å². The molecule has 2 aromatic carbocycles. The molecule has 5 heteroatoms. The number of amides is 2. The van der Waals surface area contributed by atoms with Crippen LogP contribution in [0.2, 0.25) is 0 Å². The van der Waals surface area contributed by atoms with Crippen LogP contribution in [0.1, 0.15) is 0 Å². The number of hydrogen-bond donors (Lipinski definition) is 2. The van der Waals surface area contributed by atoms with E-state index in [0.717, 1.165) is 20.6 Å². The Morgan fingerprint density at radius 2 is 1.35 bits per heavy atom. The van der Waals surface area contributed by atoms with Crippen molar-refractivity contribution in [2.45, 2.75) is 0 Å². The van der Waals surface area contributed by atoms with Crippen LogP contribution in [0.5, 0.6) is 0 Å². The summed E-state index contributed by atoms with van der Waals surface area (Å²) in [5.41, 5.74) is 2.63. The lowest BCUT2D eigenvalue weighted by Gasteiger charge is -2.13. The molecule has 104 valence electrons. The van der Waals surface area contributed by atoms with E-state index >= 15 is 0 Å². The number of nitrogens with one attached hydrogen (secondary N) is 2. The van der Waals surface area contributed by atoms with Gasteiger partial charge in [-0.1, -0.05) is 0 Å². The molecular formula is C15H16IN3O. The van der Waals surface area contributed by atoms with E-state index in [0.29, 0.717) is 0 Å². The van der Waals surface area contributed by atoms with Crippen LogP contribution in [0.15, 0.2) is 48.5 Å². The van der Waals surface area contributed by atoms with E-state index in [-0.39, 0.29) is 6.03 Å². The minimum atomic E-state index is -0.246. The van der Waals surface area contributed by atoms with Crippen molar-refractivity contribution in [3.8, 4) is 0 Å². The third-order valence-electron chi connectivity index (χ3n) is 2.74. The molecule has 0 atom stereocenters. The van der Waals surface area contributed by atoms with Crippen molar-refractivity contribution >= 4 is 45.7 Å². The number of carbonyl (C=O) groups excluding carboxylic acids is 1. The monoisotopic (exact) mass is 381 g/mol. The summed E-state index contributed by atoms with van der Waals surface area (Å²) in [5.74, 6) is 0. The average molecular weight is 381 g/mol. The lowest BCUT2D eigenvalue weighted by molar-refractivity contribution is 0.262. The Balaban J connectivity index is 1.95. The van der Waals surface area contributed by atoms with E-state index in [1.165, 1.54) is 0 Å². The highest BCUT2D eigenvalue weighted by molar-refractivity contribution is 14.1. The zero-order chi connectivity index (χ0) is 14.5. The first-order valence-corrected chi connectivity index (χ1v) is 7.23. The molecule has 0 aliphatic rings. The first-order valence-electron chi connectivity index (χ1n) is 6.15. The van der Waals surface area contributed by atoms with Gasteiger partial charge < -0.3 is 15.5 Å². The van der Waals surface area contributed by atoms with E-state index in [1.54, 1.807) is 0 Å². The van der Waals surface area contributed by atoms with Crippen LogP contribution in [0.25, 0.3) is 0 Å². The molecule has 0 aliphatic heterocycles. The second kappa shape index (κ2) is 6.60. The third kappa shape index (κ3) is 4.12. The summed E-state index contributed by atoms with van der Waals surface area (Å²) in [7, 11) is 3.96. The maximum atomic E-state index is 11.9. The molecule has 0 unspecified atom stereocenters. The number of carbonyl (C=O) groups is 1. The number of anilines is 3. The minimum absolute atomic E-state index is 0.246. The molecular weight excluding hydrogens is 365 g/mol. The lowest BCUT2D eigenvalue weighted by Crippen LogP contribution is -2.19. The van der Waals surface area contributed by atoms with E-state index in [9.17, 15) is 4.79 Å². The average Bonchev–Trinajstić information content (AvgIpc) is 2.42. The first-order chi connectivity index (χ1) is 9.54. The summed E-state index contributed by atoms with van der Waals surface area (Å²) in [5, 5.41) is 5.59. The second-order valence-electron chi connectivity index (χ2n) is 4.53. The van der Waals surface area contributed by atoms with Gasteiger partial charge >= 0.3 is 6.03 Å².